The first kappa shape index (κ1) is 8.16. The molecule has 1 N–H and O–H groups in total. The summed E-state index contributed by atoms with van der Waals surface area (Å²) in [5.74, 6) is 1.90. The zero-order chi connectivity index (χ0) is 9.16. The summed E-state index contributed by atoms with van der Waals surface area (Å²) in [7, 11) is 0. The summed E-state index contributed by atoms with van der Waals surface area (Å²) in [4.78, 5) is 11.1. The lowest BCUT2D eigenvalue weighted by atomic mass is 9.64. The Morgan fingerprint density at radius 3 is 2.46 bits per heavy atom. The van der Waals surface area contributed by atoms with E-state index in [1.807, 2.05) is 0 Å². The molecular formula is C10H14O2S. The van der Waals surface area contributed by atoms with E-state index in [2.05, 4.69) is 12.6 Å². The van der Waals surface area contributed by atoms with Gasteiger partial charge in [-0.25, -0.2) is 0 Å². The third-order valence-electron chi connectivity index (χ3n) is 4.38. The first-order valence-corrected chi connectivity index (χ1v) is 5.62. The van der Waals surface area contributed by atoms with Crippen LogP contribution in [0, 0.1) is 29.6 Å². The van der Waals surface area contributed by atoms with Gasteiger partial charge in [0.1, 0.15) is 0 Å². The predicted octanol–water partition coefficient (Wildman–Crippen LogP) is 1.66. The zero-order valence-electron chi connectivity index (χ0n) is 7.39. The van der Waals surface area contributed by atoms with Gasteiger partial charge in [-0.05, 0) is 42.9 Å². The largest absolute Gasteiger partial charge is 0.481 e. The molecule has 4 aliphatic carbocycles. The molecule has 5 unspecified atom stereocenters. The Morgan fingerprint density at radius 2 is 1.77 bits per heavy atom. The molecule has 0 aliphatic heterocycles. The first-order chi connectivity index (χ1) is 6.20. The fourth-order valence-electron chi connectivity index (χ4n) is 3.75. The Kier molecular flexibility index (Phi) is 1.53. The van der Waals surface area contributed by atoms with Crippen LogP contribution < -0.4 is 0 Å². The van der Waals surface area contributed by atoms with Gasteiger partial charge >= 0.3 is 5.97 Å². The molecule has 0 radical (unpaired) electrons. The van der Waals surface area contributed by atoms with E-state index in [1.165, 1.54) is 12.8 Å². The van der Waals surface area contributed by atoms with Crippen molar-refractivity contribution >= 4 is 18.6 Å². The van der Waals surface area contributed by atoms with Crippen molar-refractivity contribution in [2.24, 2.45) is 29.6 Å². The highest BCUT2D eigenvalue weighted by atomic mass is 32.1. The van der Waals surface area contributed by atoms with Gasteiger partial charge in [-0.3, -0.25) is 4.79 Å². The molecule has 0 aromatic rings. The van der Waals surface area contributed by atoms with Crippen LogP contribution >= 0.6 is 12.6 Å². The molecular weight excluding hydrogens is 184 g/mol. The number of fused-ring (bicyclic) bond motifs is 2. The molecule has 6 atom stereocenters. The Morgan fingerprint density at radius 1 is 1.15 bits per heavy atom. The van der Waals surface area contributed by atoms with Gasteiger partial charge in [0, 0.05) is 5.25 Å². The van der Waals surface area contributed by atoms with E-state index in [0.29, 0.717) is 11.8 Å². The lowest BCUT2D eigenvalue weighted by molar-refractivity contribution is -0.147. The number of carboxylic acid groups (broad SMARTS) is 1. The lowest BCUT2D eigenvalue weighted by Crippen LogP contribution is -2.46. The van der Waals surface area contributed by atoms with E-state index in [-0.39, 0.29) is 11.2 Å². The van der Waals surface area contributed by atoms with Crippen LogP contribution in [0.25, 0.3) is 0 Å². The van der Waals surface area contributed by atoms with E-state index in [1.54, 1.807) is 0 Å². The van der Waals surface area contributed by atoms with Gasteiger partial charge in [-0.15, -0.1) is 0 Å². The summed E-state index contributed by atoms with van der Waals surface area (Å²) in [5, 5.41) is 9.26. The molecule has 0 spiro atoms. The fraction of sp³-hybridized carbons (Fsp3) is 0.900. The second-order valence-corrected chi connectivity index (χ2v) is 5.42. The highest BCUT2D eigenvalue weighted by molar-refractivity contribution is 7.81. The van der Waals surface area contributed by atoms with Gasteiger partial charge in [0.05, 0.1) is 5.92 Å². The molecule has 0 aromatic carbocycles. The summed E-state index contributed by atoms with van der Waals surface area (Å²) in [6.07, 6.45) is 3.65. The van der Waals surface area contributed by atoms with E-state index >= 15 is 0 Å². The molecule has 0 aromatic heterocycles. The van der Waals surface area contributed by atoms with Crippen LogP contribution in [0.1, 0.15) is 19.3 Å². The van der Waals surface area contributed by atoms with Crippen LogP contribution in [0.4, 0.5) is 0 Å². The number of hydrogen-bond donors (Lipinski definition) is 2. The summed E-state index contributed by atoms with van der Waals surface area (Å²) in [6.45, 7) is 0. The maximum atomic E-state index is 11.1. The number of rotatable bonds is 1. The SMILES string of the molecule is O=C(O)C1C2CCC(C3CC32)[C@H]1S. The minimum absolute atomic E-state index is 0.139. The molecule has 0 saturated heterocycles. The van der Waals surface area contributed by atoms with E-state index in [0.717, 1.165) is 18.3 Å². The minimum atomic E-state index is -0.611. The van der Waals surface area contributed by atoms with Crippen LogP contribution in [0.3, 0.4) is 0 Å². The average molecular weight is 198 g/mol. The van der Waals surface area contributed by atoms with Crippen molar-refractivity contribution in [3.63, 3.8) is 0 Å². The lowest BCUT2D eigenvalue weighted by Gasteiger charge is -2.44. The van der Waals surface area contributed by atoms with Gasteiger partial charge in [0.15, 0.2) is 0 Å². The summed E-state index contributed by atoms with van der Waals surface area (Å²) < 4.78 is 0. The van der Waals surface area contributed by atoms with E-state index in [9.17, 15) is 4.79 Å². The Labute approximate surface area is 83.1 Å². The van der Waals surface area contributed by atoms with Crippen molar-refractivity contribution < 1.29 is 9.90 Å². The molecule has 3 heteroatoms. The number of hydrogen-bond acceptors (Lipinski definition) is 2. The predicted molar refractivity (Wildman–Crippen MR) is 51.7 cm³/mol. The van der Waals surface area contributed by atoms with Crippen molar-refractivity contribution in [1.29, 1.82) is 0 Å². The van der Waals surface area contributed by atoms with Gasteiger partial charge in [0.25, 0.3) is 0 Å². The number of carboxylic acids is 1. The van der Waals surface area contributed by atoms with Crippen molar-refractivity contribution in [2.75, 3.05) is 0 Å². The van der Waals surface area contributed by atoms with Gasteiger partial charge < -0.3 is 5.11 Å². The molecule has 72 valence electrons. The second kappa shape index (κ2) is 2.44. The summed E-state index contributed by atoms with van der Waals surface area (Å²) in [5.41, 5.74) is 0. The molecule has 2 nitrogen and oxygen atoms in total. The normalized spacial score (nSPS) is 57.3. The molecule has 2 bridgehead atoms. The minimum Gasteiger partial charge on any atom is -0.481 e. The smallest absolute Gasteiger partial charge is 0.307 e. The maximum absolute atomic E-state index is 11.1. The molecule has 4 aliphatic rings. The summed E-state index contributed by atoms with van der Waals surface area (Å²) >= 11 is 4.51. The summed E-state index contributed by atoms with van der Waals surface area (Å²) in [6, 6.07) is 0. The highest BCUT2D eigenvalue weighted by Gasteiger charge is 2.62. The van der Waals surface area contributed by atoms with Gasteiger partial charge in [-0.1, -0.05) is 0 Å². The molecule has 4 fully saturated rings. The van der Waals surface area contributed by atoms with Crippen LogP contribution in [0.5, 0.6) is 0 Å². The van der Waals surface area contributed by atoms with Crippen molar-refractivity contribution in [3.8, 4) is 0 Å². The zero-order valence-corrected chi connectivity index (χ0v) is 8.28. The van der Waals surface area contributed by atoms with Crippen molar-refractivity contribution in [3.05, 3.63) is 0 Å². The molecule has 0 amide bonds. The van der Waals surface area contributed by atoms with E-state index in [4.69, 9.17) is 5.11 Å². The highest BCUT2D eigenvalue weighted by Crippen LogP contribution is 2.65. The monoisotopic (exact) mass is 198 g/mol. The van der Waals surface area contributed by atoms with Crippen LogP contribution in [0.2, 0.25) is 0 Å². The number of aliphatic carboxylic acids is 1. The second-order valence-electron chi connectivity index (χ2n) is 4.82. The average Bonchev–Trinajstić information content (AvgIpc) is 2.83. The van der Waals surface area contributed by atoms with Gasteiger partial charge in [-0.2, -0.15) is 12.6 Å². The third-order valence-corrected chi connectivity index (χ3v) is 5.08. The Bertz CT molecular complexity index is 266. The molecule has 4 saturated carbocycles. The Balaban J connectivity index is 1.93. The number of carbonyl (C=O) groups is 1. The van der Waals surface area contributed by atoms with Crippen LogP contribution in [0.15, 0.2) is 0 Å². The molecule has 4 rings (SSSR count). The number of thiol groups is 1. The maximum Gasteiger partial charge on any atom is 0.307 e. The quantitative estimate of drug-likeness (QED) is 0.629. The van der Waals surface area contributed by atoms with Gasteiger partial charge in [0.2, 0.25) is 0 Å². The van der Waals surface area contributed by atoms with E-state index < -0.39 is 5.97 Å². The Hall–Kier alpha value is -0.180. The van der Waals surface area contributed by atoms with Crippen molar-refractivity contribution in [2.45, 2.75) is 24.5 Å². The topological polar surface area (TPSA) is 37.3 Å². The standard InChI is InChI=1S/C10H14O2S/c11-10(12)8-4-1-2-5(9(8)13)7-3-6(4)7/h4-9,13H,1-3H2,(H,11,12)/t4?,5?,6?,7?,8?,9-/m1/s1. The molecule has 13 heavy (non-hydrogen) atoms. The fourth-order valence-corrected chi connectivity index (χ4v) is 4.47. The van der Waals surface area contributed by atoms with Crippen molar-refractivity contribution in [1.82, 2.24) is 0 Å². The molecule has 0 heterocycles. The third kappa shape index (κ3) is 0.940. The first-order valence-electron chi connectivity index (χ1n) is 5.11. The van der Waals surface area contributed by atoms with Crippen LogP contribution in [-0.4, -0.2) is 16.3 Å². The van der Waals surface area contributed by atoms with Crippen LogP contribution in [-0.2, 0) is 4.79 Å².